The normalized spacial score (nSPS) is 23.7. The van der Waals surface area contributed by atoms with Gasteiger partial charge >= 0.3 is 0 Å². The van der Waals surface area contributed by atoms with Crippen LogP contribution in [-0.4, -0.2) is 6.79 Å². The van der Waals surface area contributed by atoms with Gasteiger partial charge in [0.2, 0.25) is 6.79 Å². The first-order valence-corrected chi connectivity index (χ1v) is 8.73. The van der Waals surface area contributed by atoms with Crippen molar-refractivity contribution in [3.8, 4) is 11.5 Å². The van der Waals surface area contributed by atoms with E-state index in [0.717, 1.165) is 11.5 Å². The number of ether oxygens (including phenoxy) is 2. The number of hydrogen-bond donors (Lipinski definition) is 0. The summed E-state index contributed by atoms with van der Waals surface area (Å²) in [7, 11) is 0. The molecule has 0 bridgehead atoms. The summed E-state index contributed by atoms with van der Waals surface area (Å²) < 4.78 is 11.5. The van der Waals surface area contributed by atoms with E-state index in [1.54, 1.807) is 0 Å². The Morgan fingerprint density at radius 1 is 1.22 bits per heavy atom. The van der Waals surface area contributed by atoms with Crippen LogP contribution < -0.4 is 9.47 Å². The van der Waals surface area contributed by atoms with Gasteiger partial charge in [0.05, 0.1) is 0 Å². The fourth-order valence-corrected chi connectivity index (χ4v) is 3.93. The molecule has 1 aromatic carbocycles. The van der Waals surface area contributed by atoms with Gasteiger partial charge in [0, 0.05) is 5.56 Å². The van der Waals surface area contributed by atoms with Crippen molar-refractivity contribution in [2.45, 2.75) is 59.3 Å². The molecular weight excluding hydrogens is 284 g/mol. The van der Waals surface area contributed by atoms with Gasteiger partial charge in [0.25, 0.3) is 0 Å². The molecule has 23 heavy (non-hydrogen) atoms. The molecular formula is C21H28O2. The molecule has 0 aromatic heterocycles. The molecule has 1 aliphatic carbocycles. The van der Waals surface area contributed by atoms with Gasteiger partial charge in [-0.25, -0.2) is 0 Å². The van der Waals surface area contributed by atoms with Crippen LogP contribution in [0.5, 0.6) is 11.5 Å². The largest absolute Gasteiger partial charge is 0.453 e. The molecule has 1 heterocycles. The van der Waals surface area contributed by atoms with Crippen molar-refractivity contribution in [2.24, 2.45) is 5.92 Å². The number of allylic oxidation sites excluding steroid dienone is 4. The Kier molecular flexibility index (Phi) is 4.52. The molecule has 0 saturated carbocycles. The predicted octanol–water partition coefficient (Wildman–Crippen LogP) is 5.86. The monoisotopic (exact) mass is 312 g/mol. The first-order chi connectivity index (χ1) is 11.0. The smallest absolute Gasteiger partial charge is 0.231 e. The minimum Gasteiger partial charge on any atom is -0.453 e. The molecule has 124 valence electrons. The molecule has 0 radical (unpaired) electrons. The summed E-state index contributed by atoms with van der Waals surface area (Å²) >= 11 is 0. The third-order valence-corrected chi connectivity index (χ3v) is 5.18. The Morgan fingerprint density at radius 2 is 1.96 bits per heavy atom. The molecule has 1 aromatic rings. The van der Waals surface area contributed by atoms with Crippen LogP contribution in [0.2, 0.25) is 0 Å². The fourth-order valence-electron chi connectivity index (χ4n) is 3.93. The van der Waals surface area contributed by atoms with Gasteiger partial charge < -0.3 is 9.47 Å². The molecule has 0 amide bonds. The molecule has 2 heteroatoms. The summed E-state index contributed by atoms with van der Waals surface area (Å²) in [5.41, 5.74) is 5.41. The maximum Gasteiger partial charge on any atom is 0.231 e. The third-order valence-electron chi connectivity index (χ3n) is 5.18. The van der Waals surface area contributed by atoms with Crippen LogP contribution >= 0.6 is 0 Å². The lowest BCUT2D eigenvalue weighted by Gasteiger charge is -2.33. The van der Waals surface area contributed by atoms with Crippen molar-refractivity contribution in [3.05, 3.63) is 46.6 Å². The maximum atomic E-state index is 5.84. The molecule has 3 atom stereocenters. The van der Waals surface area contributed by atoms with Gasteiger partial charge in [0.1, 0.15) is 0 Å². The van der Waals surface area contributed by atoms with E-state index < -0.39 is 0 Å². The third kappa shape index (κ3) is 3.04. The molecule has 0 saturated heterocycles. The van der Waals surface area contributed by atoms with Gasteiger partial charge in [0.15, 0.2) is 11.5 Å². The quantitative estimate of drug-likeness (QED) is 0.650. The highest BCUT2D eigenvalue weighted by Crippen LogP contribution is 2.52. The van der Waals surface area contributed by atoms with Crippen LogP contribution in [0.4, 0.5) is 0 Å². The highest BCUT2D eigenvalue weighted by molar-refractivity contribution is 5.59. The van der Waals surface area contributed by atoms with Gasteiger partial charge in [-0.2, -0.15) is 0 Å². The summed E-state index contributed by atoms with van der Waals surface area (Å²) in [5.74, 6) is 3.61. The van der Waals surface area contributed by atoms with Crippen LogP contribution in [0.15, 0.2) is 29.9 Å². The van der Waals surface area contributed by atoms with Crippen LogP contribution in [-0.2, 0) is 0 Å². The average Bonchev–Trinajstić information content (AvgIpc) is 2.97. The zero-order valence-corrected chi connectivity index (χ0v) is 15.0. The maximum absolute atomic E-state index is 5.84. The van der Waals surface area contributed by atoms with Gasteiger partial charge in [-0.15, -0.1) is 0 Å². The van der Waals surface area contributed by atoms with E-state index in [0.29, 0.717) is 24.5 Å². The van der Waals surface area contributed by atoms with Crippen molar-refractivity contribution in [3.63, 3.8) is 0 Å². The average molecular weight is 312 g/mol. The lowest BCUT2D eigenvalue weighted by Crippen LogP contribution is -2.18. The summed E-state index contributed by atoms with van der Waals surface area (Å²) in [6.45, 7) is 11.4. The highest BCUT2D eigenvalue weighted by atomic mass is 16.7. The minimum atomic E-state index is 0.361. The number of aryl methyl sites for hydroxylation is 1. The molecule has 0 fully saturated rings. The van der Waals surface area contributed by atoms with Gasteiger partial charge in [-0.1, -0.05) is 43.7 Å². The Bertz CT molecular complexity index is 650. The van der Waals surface area contributed by atoms with E-state index in [1.165, 1.54) is 35.1 Å². The van der Waals surface area contributed by atoms with Crippen molar-refractivity contribution in [1.29, 1.82) is 0 Å². The number of benzene rings is 1. The van der Waals surface area contributed by atoms with Crippen molar-refractivity contribution in [2.75, 3.05) is 6.79 Å². The van der Waals surface area contributed by atoms with E-state index in [4.69, 9.17) is 9.47 Å². The van der Waals surface area contributed by atoms with Crippen LogP contribution in [0.3, 0.4) is 0 Å². The lowest BCUT2D eigenvalue weighted by atomic mass is 9.71. The molecule has 0 unspecified atom stereocenters. The Balaban J connectivity index is 1.98. The summed E-state index contributed by atoms with van der Waals surface area (Å²) in [4.78, 5) is 0. The zero-order chi connectivity index (χ0) is 16.6. The predicted molar refractivity (Wildman–Crippen MR) is 95.4 cm³/mol. The van der Waals surface area contributed by atoms with Crippen LogP contribution in [0, 0.1) is 12.8 Å². The molecule has 3 rings (SSSR count). The minimum absolute atomic E-state index is 0.361. The van der Waals surface area contributed by atoms with E-state index >= 15 is 0 Å². The Morgan fingerprint density at radius 3 is 2.70 bits per heavy atom. The Labute approximate surface area is 140 Å². The topological polar surface area (TPSA) is 18.5 Å². The highest BCUT2D eigenvalue weighted by Gasteiger charge is 2.34. The molecule has 0 spiro atoms. The number of fused-ring (bicyclic) bond motifs is 3. The number of rotatable bonds is 3. The Hall–Kier alpha value is -1.70. The lowest BCUT2D eigenvalue weighted by molar-refractivity contribution is 0.172. The van der Waals surface area contributed by atoms with Crippen LogP contribution in [0.1, 0.15) is 69.1 Å². The molecule has 1 aliphatic heterocycles. The molecule has 0 N–H and O–H groups in total. The van der Waals surface area contributed by atoms with Gasteiger partial charge in [-0.05, 0) is 62.5 Å². The van der Waals surface area contributed by atoms with Crippen molar-refractivity contribution >= 4 is 0 Å². The summed E-state index contributed by atoms with van der Waals surface area (Å²) in [5, 5.41) is 0. The second-order valence-electron chi connectivity index (χ2n) is 7.33. The molecule has 2 nitrogen and oxygen atoms in total. The molecule has 2 aliphatic rings. The van der Waals surface area contributed by atoms with Crippen LogP contribution in [0.25, 0.3) is 0 Å². The first kappa shape index (κ1) is 16.2. The van der Waals surface area contributed by atoms with E-state index in [-0.39, 0.29) is 0 Å². The second-order valence-corrected chi connectivity index (χ2v) is 7.33. The zero-order valence-electron chi connectivity index (χ0n) is 15.0. The second kappa shape index (κ2) is 6.43. The summed E-state index contributed by atoms with van der Waals surface area (Å²) in [6, 6.07) is 2.34. The SMILES string of the molecule is CC(C)=C/C=C/[C@H](C)[C@H]1CC[C@@H](C)c2c1cc(C)c1c2OCO1. The number of hydrogen-bond acceptors (Lipinski definition) is 2. The van der Waals surface area contributed by atoms with Crippen molar-refractivity contribution in [1.82, 2.24) is 0 Å². The standard InChI is InChI=1S/C21H28O2/c1-13(2)7-6-8-14(3)17-10-9-15(4)19-18(17)11-16(5)20-21(19)23-12-22-20/h6-8,11,14-15,17H,9-10,12H2,1-5H3/b8-6+/t14-,15+,17+/m0/s1. The van der Waals surface area contributed by atoms with E-state index in [9.17, 15) is 0 Å². The first-order valence-electron chi connectivity index (χ1n) is 8.73. The van der Waals surface area contributed by atoms with E-state index in [1.807, 2.05) is 0 Å². The van der Waals surface area contributed by atoms with Gasteiger partial charge in [-0.3, -0.25) is 0 Å². The fraction of sp³-hybridized carbons (Fsp3) is 0.524. The summed E-state index contributed by atoms with van der Waals surface area (Å²) in [6.07, 6.45) is 9.20. The van der Waals surface area contributed by atoms with E-state index in [2.05, 4.69) is 58.9 Å². The van der Waals surface area contributed by atoms with Crippen molar-refractivity contribution < 1.29 is 9.47 Å².